The summed E-state index contributed by atoms with van der Waals surface area (Å²) in [6, 6.07) is 8.00. The molecule has 0 aliphatic carbocycles. The van der Waals surface area contributed by atoms with Gasteiger partial charge in [-0.15, -0.1) is 0 Å². The molecule has 1 aromatic carbocycles. The van der Waals surface area contributed by atoms with Crippen molar-refractivity contribution >= 4 is 0 Å². The van der Waals surface area contributed by atoms with Crippen LogP contribution in [-0.4, -0.2) is 24.8 Å². The van der Waals surface area contributed by atoms with Gasteiger partial charge in [0.1, 0.15) is 0 Å². The molecule has 1 aliphatic heterocycles. The highest BCUT2D eigenvalue weighted by atomic mass is 16.5. The van der Waals surface area contributed by atoms with Crippen LogP contribution in [-0.2, 0) is 10.3 Å². The van der Waals surface area contributed by atoms with Crippen molar-refractivity contribution in [2.45, 2.75) is 25.6 Å². The summed E-state index contributed by atoms with van der Waals surface area (Å²) in [5.74, 6) is 0. The maximum absolute atomic E-state index is 9.85. The number of rotatable bonds is 2. The quantitative estimate of drug-likeness (QED) is 0.796. The largest absolute Gasteiger partial charge is 0.386 e. The molecule has 3 nitrogen and oxygen atoms in total. The van der Waals surface area contributed by atoms with Crippen LogP contribution in [0.4, 0.5) is 0 Å². The van der Waals surface area contributed by atoms with Gasteiger partial charge >= 0.3 is 0 Å². The van der Waals surface area contributed by atoms with Gasteiger partial charge < -0.3 is 15.2 Å². The molecule has 3 heteroatoms. The van der Waals surface area contributed by atoms with E-state index in [1.165, 1.54) is 5.56 Å². The van der Waals surface area contributed by atoms with Gasteiger partial charge in [-0.3, -0.25) is 0 Å². The Hall–Kier alpha value is -0.900. The van der Waals surface area contributed by atoms with Crippen LogP contribution in [0.1, 0.15) is 31.1 Å². The lowest BCUT2D eigenvalue weighted by Gasteiger charge is -2.25. The fraction of sp³-hybridized carbons (Fsp3) is 0.538. The molecule has 0 amide bonds. The van der Waals surface area contributed by atoms with Crippen molar-refractivity contribution in [2.24, 2.45) is 0 Å². The topological polar surface area (TPSA) is 41.5 Å². The fourth-order valence-corrected chi connectivity index (χ4v) is 1.89. The number of hydrogen-bond acceptors (Lipinski definition) is 3. The molecular formula is C13H19NO2. The lowest BCUT2D eigenvalue weighted by molar-refractivity contribution is 0.0275. The number of nitrogens with one attached hydrogen (secondary N) is 1. The van der Waals surface area contributed by atoms with Crippen LogP contribution in [0.2, 0.25) is 0 Å². The third kappa shape index (κ3) is 2.61. The molecule has 1 heterocycles. The van der Waals surface area contributed by atoms with E-state index in [9.17, 15) is 5.11 Å². The Morgan fingerprint density at radius 3 is 2.50 bits per heavy atom. The molecule has 1 saturated heterocycles. The summed E-state index contributed by atoms with van der Waals surface area (Å²) in [4.78, 5) is 0. The normalized spacial score (nSPS) is 22.1. The first-order valence-electron chi connectivity index (χ1n) is 5.72. The SMILES string of the molecule is CC(C)(O)c1ccc(C2CNCCO2)cc1. The summed E-state index contributed by atoms with van der Waals surface area (Å²) < 4.78 is 5.66. The van der Waals surface area contributed by atoms with Crippen LogP contribution in [0.5, 0.6) is 0 Å². The molecule has 0 aromatic heterocycles. The lowest BCUT2D eigenvalue weighted by Crippen LogP contribution is -2.33. The molecule has 0 bridgehead atoms. The Balaban J connectivity index is 2.12. The average molecular weight is 221 g/mol. The van der Waals surface area contributed by atoms with Gasteiger partial charge in [-0.1, -0.05) is 24.3 Å². The molecule has 1 atom stereocenters. The highest BCUT2D eigenvalue weighted by Crippen LogP contribution is 2.23. The van der Waals surface area contributed by atoms with Crippen molar-refractivity contribution in [3.8, 4) is 0 Å². The summed E-state index contributed by atoms with van der Waals surface area (Å²) in [5, 5.41) is 13.2. The van der Waals surface area contributed by atoms with E-state index >= 15 is 0 Å². The molecule has 1 unspecified atom stereocenters. The first-order valence-corrected chi connectivity index (χ1v) is 5.72. The standard InChI is InChI=1S/C13H19NO2/c1-13(2,15)11-5-3-10(4-6-11)12-9-14-7-8-16-12/h3-6,12,14-15H,7-9H2,1-2H3. The number of benzene rings is 1. The van der Waals surface area contributed by atoms with E-state index in [1.807, 2.05) is 24.3 Å². The maximum Gasteiger partial charge on any atom is 0.0949 e. The van der Waals surface area contributed by atoms with Crippen LogP contribution < -0.4 is 5.32 Å². The molecule has 2 N–H and O–H groups in total. The van der Waals surface area contributed by atoms with Gasteiger partial charge in [-0.2, -0.15) is 0 Å². The van der Waals surface area contributed by atoms with Gasteiger partial charge in [-0.25, -0.2) is 0 Å². The summed E-state index contributed by atoms with van der Waals surface area (Å²) >= 11 is 0. The molecule has 0 radical (unpaired) electrons. The first-order chi connectivity index (χ1) is 7.57. The first kappa shape index (κ1) is 11.6. The Bertz CT molecular complexity index is 334. The summed E-state index contributed by atoms with van der Waals surface area (Å²) in [7, 11) is 0. The van der Waals surface area contributed by atoms with E-state index in [2.05, 4.69) is 5.32 Å². The van der Waals surface area contributed by atoms with Crippen LogP contribution in [0.25, 0.3) is 0 Å². The van der Waals surface area contributed by atoms with Gasteiger partial charge in [0.25, 0.3) is 0 Å². The number of aliphatic hydroxyl groups is 1. The van der Waals surface area contributed by atoms with Crippen LogP contribution in [0.15, 0.2) is 24.3 Å². The summed E-state index contributed by atoms with van der Waals surface area (Å²) in [6.07, 6.45) is 0.143. The molecule has 16 heavy (non-hydrogen) atoms. The molecule has 88 valence electrons. The van der Waals surface area contributed by atoms with Crippen molar-refractivity contribution in [1.82, 2.24) is 5.32 Å². The number of hydrogen-bond donors (Lipinski definition) is 2. The Morgan fingerprint density at radius 1 is 1.31 bits per heavy atom. The Kier molecular flexibility index (Phi) is 3.28. The average Bonchev–Trinajstić information content (AvgIpc) is 2.29. The molecule has 0 saturated carbocycles. The van der Waals surface area contributed by atoms with Gasteiger partial charge in [0, 0.05) is 13.1 Å². The van der Waals surface area contributed by atoms with Gasteiger partial charge in [0.15, 0.2) is 0 Å². The molecule has 1 aliphatic rings. The minimum Gasteiger partial charge on any atom is -0.386 e. The molecule has 2 rings (SSSR count). The summed E-state index contributed by atoms with van der Waals surface area (Å²) in [5.41, 5.74) is 1.32. The van der Waals surface area contributed by atoms with E-state index < -0.39 is 5.60 Å². The van der Waals surface area contributed by atoms with Gasteiger partial charge in [-0.05, 0) is 25.0 Å². The van der Waals surface area contributed by atoms with Gasteiger partial charge in [0.2, 0.25) is 0 Å². The van der Waals surface area contributed by atoms with E-state index in [-0.39, 0.29) is 6.10 Å². The molecule has 0 spiro atoms. The number of morpholine rings is 1. The molecule has 1 fully saturated rings. The van der Waals surface area contributed by atoms with Crippen molar-refractivity contribution in [3.05, 3.63) is 35.4 Å². The summed E-state index contributed by atoms with van der Waals surface area (Å²) in [6.45, 7) is 6.14. The van der Waals surface area contributed by atoms with E-state index in [0.717, 1.165) is 25.3 Å². The predicted octanol–water partition coefficient (Wildman–Crippen LogP) is 1.57. The molecular weight excluding hydrogens is 202 g/mol. The maximum atomic E-state index is 9.85. The zero-order valence-corrected chi connectivity index (χ0v) is 9.86. The number of ether oxygens (including phenoxy) is 1. The van der Waals surface area contributed by atoms with Crippen molar-refractivity contribution in [1.29, 1.82) is 0 Å². The monoisotopic (exact) mass is 221 g/mol. The highest BCUT2D eigenvalue weighted by Gasteiger charge is 2.18. The Labute approximate surface area is 96.4 Å². The zero-order chi connectivity index (χ0) is 11.6. The third-order valence-electron chi connectivity index (χ3n) is 2.92. The third-order valence-corrected chi connectivity index (χ3v) is 2.92. The highest BCUT2D eigenvalue weighted by molar-refractivity contribution is 5.27. The van der Waals surface area contributed by atoms with Crippen molar-refractivity contribution in [3.63, 3.8) is 0 Å². The van der Waals surface area contributed by atoms with E-state index in [1.54, 1.807) is 13.8 Å². The minimum atomic E-state index is -0.774. The zero-order valence-electron chi connectivity index (χ0n) is 9.86. The predicted molar refractivity (Wildman–Crippen MR) is 63.2 cm³/mol. The Morgan fingerprint density at radius 2 is 2.00 bits per heavy atom. The van der Waals surface area contributed by atoms with E-state index in [4.69, 9.17) is 4.74 Å². The minimum absolute atomic E-state index is 0.143. The van der Waals surface area contributed by atoms with E-state index in [0.29, 0.717) is 0 Å². The van der Waals surface area contributed by atoms with Crippen molar-refractivity contribution < 1.29 is 9.84 Å². The second kappa shape index (κ2) is 4.53. The second-order valence-corrected chi connectivity index (χ2v) is 4.74. The smallest absolute Gasteiger partial charge is 0.0949 e. The lowest BCUT2D eigenvalue weighted by atomic mass is 9.96. The fourth-order valence-electron chi connectivity index (χ4n) is 1.89. The second-order valence-electron chi connectivity index (χ2n) is 4.74. The van der Waals surface area contributed by atoms with Crippen LogP contribution in [0, 0.1) is 0 Å². The van der Waals surface area contributed by atoms with Crippen LogP contribution in [0.3, 0.4) is 0 Å². The van der Waals surface area contributed by atoms with Gasteiger partial charge in [0.05, 0.1) is 18.3 Å². The molecule has 1 aromatic rings. The van der Waals surface area contributed by atoms with Crippen LogP contribution >= 0.6 is 0 Å². The van der Waals surface area contributed by atoms with Crippen molar-refractivity contribution in [2.75, 3.05) is 19.7 Å².